The standard InChI is InChI=1S/C21H18N4O4/c1-21(18-8-4-11-29-18)19(27)25(20(28)23-21)13-17(26)15-12-24(10-5-9-22)16-7-3-2-6-14(15)16/h2-4,6-8,11-12H,5,10,13H2,1H3,(H,23,28)/t21-/m0/s1. The highest BCUT2D eigenvalue weighted by Crippen LogP contribution is 2.30. The van der Waals surface area contributed by atoms with Gasteiger partial charge >= 0.3 is 6.03 Å². The van der Waals surface area contributed by atoms with Crippen LogP contribution in [0.15, 0.2) is 53.3 Å². The van der Waals surface area contributed by atoms with Crippen LogP contribution in [0.4, 0.5) is 4.79 Å². The number of hydrogen-bond acceptors (Lipinski definition) is 5. The first-order valence-electron chi connectivity index (χ1n) is 9.12. The minimum absolute atomic E-state index is 0.305. The summed E-state index contributed by atoms with van der Waals surface area (Å²) >= 11 is 0. The predicted molar refractivity (Wildman–Crippen MR) is 103 cm³/mol. The summed E-state index contributed by atoms with van der Waals surface area (Å²) in [4.78, 5) is 39.3. The second-order valence-electron chi connectivity index (χ2n) is 7.01. The lowest BCUT2D eigenvalue weighted by atomic mass is 9.99. The smallest absolute Gasteiger partial charge is 0.325 e. The van der Waals surface area contributed by atoms with Crippen LogP contribution < -0.4 is 5.32 Å². The zero-order chi connectivity index (χ0) is 20.6. The summed E-state index contributed by atoms with van der Waals surface area (Å²) in [5, 5.41) is 12.2. The third-order valence-corrected chi connectivity index (χ3v) is 5.14. The maximum absolute atomic E-state index is 13.0. The van der Waals surface area contributed by atoms with Crippen molar-refractivity contribution >= 4 is 28.6 Å². The number of carbonyl (C=O) groups is 3. The molecule has 1 atom stereocenters. The highest BCUT2D eigenvalue weighted by molar-refractivity contribution is 6.14. The van der Waals surface area contributed by atoms with Crippen LogP contribution in [0.5, 0.6) is 0 Å². The highest BCUT2D eigenvalue weighted by Gasteiger charge is 2.51. The van der Waals surface area contributed by atoms with Gasteiger partial charge in [-0.3, -0.25) is 14.5 Å². The van der Waals surface area contributed by atoms with Gasteiger partial charge in [0.2, 0.25) is 0 Å². The molecule has 0 aliphatic carbocycles. The van der Waals surface area contributed by atoms with Crippen LogP contribution in [0, 0.1) is 11.3 Å². The van der Waals surface area contributed by atoms with Crippen LogP contribution in [-0.2, 0) is 16.9 Å². The van der Waals surface area contributed by atoms with Crippen LogP contribution in [0.3, 0.4) is 0 Å². The Morgan fingerprint density at radius 3 is 2.76 bits per heavy atom. The Bertz CT molecular complexity index is 1160. The van der Waals surface area contributed by atoms with Gasteiger partial charge in [0.25, 0.3) is 5.91 Å². The molecule has 1 N–H and O–H groups in total. The van der Waals surface area contributed by atoms with Gasteiger partial charge in [-0.05, 0) is 25.1 Å². The number of benzene rings is 1. The van der Waals surface area contributed by atoms with E-state index in [2.05, 4.69) is 11.4 Å². The second-order valence-corrected chi connectivity index (χ2v) is 7.01. The van der Waals surface area contributed by atoms with Gasteiger partial charge < -0.3 is 14.3 Å². The molecule has 0 radical (unpaired) electrons. The van der Waals surface area contributed by atoms with E-state index in [1.54, 1.807) is 25.3 Å². The van der Waals surface area contributed by atoms with E-state index in [0.29, 0.717) is 24.3 Å². The predicted octanol–water partition coefficient (Wildman–Crippen LogP) is 2.80. The monoisotopic (exact) mass is 390 g/mol. The Balaban J connectivity index is 1.63. The quantitative estimate of drug-likeness (QED) is 0.514. The number of rotatable bonds is 6. The Kier molecular flexibility index (Phi) is 4.43. The molecule has 2 aromatic heterocycles. The van der Waals surface area contributed by atoms with Crippen molar-refractivity contribution in [1.82, 2.24) is 14.8 Å². The summed E-state index contributed by atoms with van der Waals surface area (Å²) in [6, 6.07) is 12.0. The topological polar surface area (TPSA) is 108 Å². The van der Waals surface area contributed by atoms with Gasteiger partial charge in [-0.2, -0.15) is 5.26 Å². The van der Waals surface area contributed by atoms with Gasteiger partial charge in [-0.15, -0.1) is 0 Å². The number of furan rings is 1. The number of ketones is 1. The summed E-state index contributed by atoms with van der Waals surface area (Å²) in [5.41, 5.74) is -0.115. The van der Waals surface area contributed by atoms with Crippen molar-refractivity contribution in [1.29, 1.82) is 5.26 Å². The number of carbonyl (C=O) groups excluding carboxylic acids is 3. The fraction of sp³-hybridized carbons (Fsp3) is 0.238. The Morgan fingerprint density at radius 2 is 2.03 bits per heavy atom. The maximum atomic E-state index is 13.0. The number of imide groups is 1. The van der Waals surface area contributed by atoms with Crippen molar-refractivity contribution in [3.8, 4) is 6.07 Å². The SMILES string of the molecule is C[C@@]1(c2ccco2)NC(=O)N(CC(=O)c2cn(CCC#N)c3ccccc23)C1=O. The minimum atomic E-state index is -1.35. The van der Waals surface area contributed by atoms with Crippen molar-refractivity contribution in [2.75, 3.05) is 6.54 Å². The molecule has 0 bridgehead atoms. The molecule has 0 spiro atoms. The summed E-state index contributed by atoms with van der Waals surface area (Å²) in [6.45, 7) is 1.61. The summed E-state index contributed by atoms with van der Waals surface area (Å²) in [6.07, 6.45) is 3.40. The first-order chi connectivity index (χ1) is 14.0. The summed E-state index contributed by atoms with van der Waals surface area (Å²) < 4.78 is 7.14. The summed E-state index contributed by atoms with van der Waals surface area (Å²) in [5.74, 6) is -0.595. The van der Waals surface area contributed by atoms with Crippen LogP contribution in [0.2, 0.25) is 0 Å². The normalized spacial score (nSPS) is 18.8. The zero-order valence-electron chi connectivity index (χ0n) is 15.7. The average molecular weight is 390 g/mol. The molecular formula is C21H18N4O4. The summed E-state index contributed by atoms with van der Waals surface area (Å²) in [7, 11) is 0. The number of para-hydroxylation sites is 1. The Hall–Kier alpha value is -3.86. The molecule has 8 nitrogen and oxygen atoms in total. The molecule has 3 heterocycles. The molecule has 3 aromatic rings. The first kappa shape index (κ1) is 18.5. The number of nitrogens with one attached hydrogen (secondary N) is 1. The van der Waals surface area contributed by atoms with Gasteiger partial charge in [0.15, 0.2) is 11.3 Å². The van der Waals surface area contributed by atoms with Crippen molar-refractivity contribution in [2.24, 2.45) is 0 Å². The number of aromatic nitrogens is 1. The molecule has 1 aliphatic rings. The van der Waals surface area contributed by atoms with E-state index in [-0.39, 0.29) is 12.3 Å². The number of aryl methyl sites for hydroxylation is 1. The van der Waals surface area contributed by atoms with E-state index in [0.717, 1.165) is 15.8 Å². The van der Waals surface area contributed by atoms with Crippen molar-refractivity contribution in [3.05, 3.63) is 60.2 Å². The lowest BCUT2D eigenvalue weighted by molar-refractivity contribution is -0.131. The second kappa shape index (κ2) is 6.95. The van der Waals surface area contributed by atoms with E-state index < -0.39 is 17.5 Å². The molecular weight excluding hydrogens is 372 g/mol. The van der Waals surface area contributed by atoms with E-state index in [1.807, 2.05) is 28.8 Å². The van der Waals surface area contributed by atoms with Crippen LogP contribution in [-0.4, -0.2) is 33.7 Å². The number of nitriles is 1. The third-order valence-electron chi connectivity index (χ3n) is 5.14. The van der Waals surface area contributed by atoms with Crippen LogP contribution >= 0.6 is 0 Å². The number of amides is 3. The van der Waals surface area contributed by atoms with Gasteiger partial charge in [0.05, 0.1) is 25.3 Å². The fourth-order valence-electron chi connectivity index (χ4n) is 3.62. The van der Waals surface area contributed by atoms with Crippen molar-refractivity contribution in [2.45, 2.75) is 25.4 Å². The largest absolute Gasteiger partial charge is 0.466 e. The number of hydrogen-bond donors (Lipinski definition) is 1. The fourth-order valence-corrected chi connectivity index (χ4v) is 3.62. The zero-order valence-corrected chi connectivity index (χ0v) is 15.7. The lowest BCUT2D eigenvalue weighted by Crippen LogP contribution is -2.41. The van der Waals surface area contributed by atoms with Gasteiger partial charge in [0, 0.05) is 29.2 Å². The number of fused-ring (bicyclic) bond motifs is 1. The Labute approximate surface area is 166 Å². The van der Waals surface area contributed by atoms with Crippen molar-refractivity contribution in [3.63, 3.8) is 0 Å². The molecule has 3 amide bonds. The molecule has 0 unspecified atom stereocenters. The minimum Gasteiger partial charge on any atom is -0.466 e. The van der Waals surface area contributed by atoms with Crippen LogP contribution in [0.1, 0.15) is 29.5 Å². The number of nitrogens with zero attached hydrogens (tertiary/aromatic N) is 3. The van der Waals surface area contributed by atoms with Gasteiger partial charge in [-0.25, -0.2) is 4.79 Å². The average Bonchev–Trinajstić information content (AvgIpc) is 3.42. The van der Waals surface area contributed by atoms with E-state index in [9.17, 15) is 14.4 Å². The molecule has 8 heteroatoms. The highest BCUT2D eigenvalue weighted by atomic mass is 16.3. The van der Waals surface area contributed by atoms with E-state index >= 15 is 0 Å². The molecule has 1 fully saturated rings. The number of Topliss-reactive ketones (excluding diaryl/α,β-unsaturated/α-hetero) is 1. The van der Waals surface area contributed by atoms with Crippen LogP contribution in [0.25, 0.3) is 10.9 Å². The van der Waals surface area contributed by atoms with E-state index in [1.165, 1.54) is 6.26 Å². The maximum Gasteiger partial charge on any atom is 0.325 e. The molecule has 4 rings (SSSR count). The molecule has 1 aliphatic heterocycles. The molecule has 1 aromatic carbocycles. The van der Waals surface area contributed by atoms with Gasteiger partial charge in [0.1, 0.15) is 5.76 Å². The molecule has 29 heavy (non-hydrogen) atoms. The lowest BCUT2D eigenvalue weighted by Gasteiger charge is -2.18. The molecule has 0 saturated carbocycles. The molecule has 146 valence electrons. The Morgan fingerprint density at radius 1 is 1.24 bits per heavy atom. The third kappa shape index (κ3) is 2.97. The van der Waals surface area contributed by atoms with E-state index in [4.69, 9.17) is 9.68 Å². The number of urea groups is 1. The molecule has 1 saturated heterocycles. The van der Waals surface area contributed by atoms with Crippen molar-refractivity contribution < 1.29 is 18.8 Å². The first-order valence-corrected chi connectivity index (χ1v) is 9.12. The van der Waals surface area contributed by atoms with Gasteiger partial charge in [-0.1, -0.05) is 18.2 Å².